The van der Waals surface area contributed by atoms with Gasteiger partial charge >= 0.3 is 0 Å². The fourth-order valence-electron chi connectivity index (χ4n) is 2.17. The molecule has 1 amide bonds. The number of nitrogens with one attached hydrogen (secondary N) is 1. The number of carbonyl (C=O) groups excluding carboxylic acids is 1. The van der Waals surface area contributed by atoms with Gasteiger partial charge in [0, 0.05) is 30.7 Å². The van der Waals surface area contributed by atoms with Gasteiger partial charge < -0.3 is 15.3 Å². The molecule has 1 aliphatic carbocycles. The van der Waals surface area contributed by atoms with Crippen molar-refractivity contribution in [1.82, 2.24) is 10.3 Å². The van der Waals surface area contributed by atoms with E-state index in [0.29, 0.717) is 6.04 Å². The maximum absolute atomic E-state index is 9.85. The summed E-state index contributed by atoms with van der Waals surface area (Å²) < 4.78 is 0. The van der Waals surface area contributed by atoms with Crippen molar-refractivity contribution in [2.75, 3.05) is 18.0 Å². The predicted molar refractivity (Wildman–Crippen MR) is 71.8 cm³/mol. The minimum Gasteiger partial charge on any atom is -0.389 e. The fourth-order valence-corrected chi connectivity index (χ4v) is 2.84. The first-order valence-corrected chi connectivity index (χ1v) is 7.19. The summed E-state index contributed by atoms with van der Waals surface area (Å²) in [6.45, 7) is 1.49. The van der Waals surface area contributed by atoms with E-state index >= 15 is 0 Å². The number of hydrogen-bond acceptors (Lipinski definition) is 5. The number of aliphatic hydroxyl groups is 1. The Bertz CT molecular complexity index is 346. The Labute approximate surface area is 111 Å². The van der Waals surface area contributed by atoms with E-state index < -0.39 is 0 Å². The van der Waals surface area contributed by atoms with Gasteiger partial charge in [-0.15, -0.1) is 11.3 Å². The number of nitrogens with zero attached hydrogens (tertiary/aromatic N) is 2. The monoisotopic (exact) mass is 269 g/mol. The highest BCUT2D eigenvalue weighted by Crippen LogP contribution is 2.22. The van der Waals surface area contributed by atoms with Gasteiger partial charge in [0.2, 0.25) is 6.41 Å². The first kappa shape index (κ1) is 13.3. The molecule has 100 valence electrons. The van der Waals surface area contributed by atoms with Crippen LogP contribution < -0.4 is 10.2 Å². The molecule has 3 rings (SSSR count). The summed E-state index contributed by atoms with van der Waals surface area (Å²) in [5.74, 6) is 0. The van der Waals surface area contributed by atoms with Gasteiger partial charge in [0.05, 0.1) is 6.10 Å². The van der Waals surface area contributed by atoms with Gasteiger partial charge in [-0.25, -0.2) is 4.98 Å². The molecule has 1 aromatic rings. The molecular formula is C12H19N3O2S. The quantitative estimate of drug-likeness (QED) is 0.803. The number of amides is 1. The summed E-state index contributed by atoms with van der Waals surface area (Å²) in [5.41, 5.74) is 0. The molecule has 1 aromatic heterocycles. The Hall–Kier alpha value is -1.14. The van der Waals surface area contributed by atoms with Crippen molar-refractivity contribution in [2.45, 2.75) is 37.8 Å². The smallest absolute Gasteiger partial charge is 0.207 e. The summed E-state index contributed by atoms with van der Waals surface area (Å²) in [4.78, 5) is 16.0. The zero-order valence-corrected chi connectivity index (χ0v) is 11.1. The summed E-state index contributed by atoms with van der Waals surface area (Å²) in [5, 5.41) is 14.7. The van der Waals surface area contributed by atoms with Gasteiger partial charge in [-0.3, -0.25) is 4.79 Å². The Morgan fingerprint density at radius 3 is 2.67 bits per heavy atom. The number of hydrogen-bond donors (Lipinski definition) is 2. The van der Waals surface area contributed by atoms with Crippen molar-refractivity contribution in [3.05, 3.63) is 11.6 Å². The SMILES string of the molecule is O=CNC1CCCC1.OC1CN(c2nccs2)C1. The second kappa shape index (κ2) is 6.70. The lowest BCUT2D eigenvalue weighted by atomic mass is 10.2. The minimum absolute atomic E-state index is 0.135. The molecule has 1 saturated carbocycles. The lowest BCUT2D eigenvalue weighted by molar-refractivity contribution is -0.110. The van der Waals surface area contributed by atoms with Gasteiger partial charge in [0.25, 0.3) is 0 Å². The molecule has 5 nitrogen and oxygen atoms in total. The van der Waals surface area contributed by atoms with Gasteiger partial charge in [-0.2, -0.15) is 0 Å². The molecule has 6 heteroatoms. The van der Waals surface area contributed by atoms with Crippen molar-refractivity contribution < 1.29 is 9.90 Å². The van der Waals surface area contributed by atoms with Crippen LogP contribution in [0.1, 0.15) is 25.7 Å². The van der Waals surface area contributed by atoms with E-state index in [0.717, 1.165) is 24.6 Å². The van der Waals surface area contributed by atoms with Crippen LogP contribution in [-0.4, -0.2) is 41.7 Å². The van der Waals surface area contributed by atoms with Gasteiger partial charge in [-0.05, 0) is 12.8 Å². The van der Waals surface area contributed by atoms with E-state index in [-0.39, 0.29) is 6.10 Å². The van der Waals surface area contributed by atoms with Crippen molar-refractivity contribution in [3.8, 4) is 0 Å². The van der Waals surface area contributed by atoms with Crippen molar-refractivity contribution in [1.29, 1.82) is 0 Å². The normalized spacial score (nSPS) is 19.9. The first-order valence-electron chi connectivity index (χ1n) is 6.32. The minimum atomic E-state index is -0.135. The molecule has 18 heavy (non-hydrogen) atoms. The molecule has 0 aromatic carbocycles. The van der Waals surface area contributed by atoms with Crippen LogP contribution in [0.4, 0.5) is 5.13 Å². The van der Waals surface area contributed by atoms with Crippen LogP contribution in [0.15, 0.2) is 11.6 Å². The highest BCUT2D eigenvalue weighted by atomic mass is 32.1. The molecule has 2 heterocycles. The molecule has 0 radical (unpaired) electrons. The van der Waals surface area contributed by atoms with Gasteiger partial charge in [0.1, 0.15) is 0 Å². The molecule has 1 saturated heterocycles. The van der Waals surface area contributed by atoms with E-state index in [1.54, 1.807) is 17.5 Å². The lowest BCUT2D eigenvalue weighted by Gasteiger charge is -2.35. The number of aromatic nitrogens is 1. The molecule has 2 fully saturated rings. The second-order valence-electron chi connectivity index (χ2n) is 4.64. The van der Waals surface area contributed by atoms with E-state index in [4.69, 9.17) is 5.11 Å². The summed E-state index contributed by atoms with van der Waals surface area (Å²) in [7, 11) is 0. The molecule has 0 atom stereocenters. The fraction of sp³-hybridized carbons (Fsp3) is 0.667. The molecule has 2 N–H and O–H groups in total. The van der Waals surface area contributed by atoms with Crippen LogP contribution >= 0.6 is 11.3 Å². The number of rotatable bonds is 3. The Morgan fingerprint density at radius 2 is 2.17 bits per heavy atom. The van der Waals surface area contributed by atoms with E-state index in [1.165, 1.54) is 25.7 Å². The Kier molecular flexibility index (Phi) is 4.95. The third kappa shape index (κ3) is 3.68. The van der Waals surface area contributed by atoms with Crippen molar-refractivity contribution in [2.24, 2.45) is 0 Å². The van der Waals surface area contributed by atoms with Gasteiger partial charge in [-0.1, -0.05) is 12.8 Å². The number of anilines is 1. The number of β-amino-alcohol motifs (C(OH)–C–C–N with tert-alkyl or cyclic N) is 1. The van der Waals surface area contributed by atoms with E-state index in [9.17, 15) is 4.79 Å². The third-order valence-electron chi connectivity index (χ3n) is 3.21. The Morgan fingerprint density at radius 1 is 1.44 bits per heavy atom. The van der Waals surface area contributed by atoms with Crippen LogP contribution in [0.2, 0.25) is 0 Å². The Balaban J connectivity index is 0.000000138. The van der Waals surface area contributed by atoms with Crippen LogP contribution in [0.3, 0.4) is 0 Å². The van der Waals surface area contributed by atoms with E-state index in [2.05, 4.69) is 15.2 Å². The maximum atomic E-state index is 9.85. The van der Waals surface area contributed by atoms with Gasteiger partial charge in [0.15, 0.2) is 5.13 Å². The van der Waals surface area contributed by atoms with Crippen molar-refractivity contribution >= 4 is 22.9 Å². The molecular weight excluding hydrogens is 250 g/mol. The van der Waals surface area contributed by atoms with Crippen molar-refractivity contribution in [3.63, 3.8) is 0 Å². The number of carbonyl (C=O) groups is 1. The summed E-state index contributed by atoms with van der Waals surface area (Å²) in [6.07, 6.45) is 7.37. The molecule has 0 bridgehead atoms. The second-order valence-corrected chi connectivity index (χ2v) is 5.51. The van der Waals surface area contributed by atoms with E-state index in [1.807, 2.05) is 5.38 Å². The highest BCUT2D eigenvalue weighted by molar-refractivity contribution is 7.13. The van der Waals surface area contributed by atoms with Crippen LogP contribution in [0, 0.1) is 0 Å². The predicted octanol–water partition coefficient (Wildman–Crippen LogP) is 0.999. The molecule has 1 aliphatic heterocycles. The number of aliphatic hydroxyl groups excluding tert-OH is 1. The summed E-state index contributed by atoms with van der Waals surface area (Å²) in [6, 6.07) is 0.493. The highest BCUT2D eigenvalue weighted by Gasteiger charge is 2.25. The standard InChI is InChI=1S/C6H8N2OS.C6H11NO/c9-5-3-8(4-5)6-7-1-2-10-6;8-5-7-6-3-1-2-4-6/h1-2,5,9H,3-4H2;5-6H,1-4H2,(H,7,8). The topological polar surface area (TPSA) is 65.5 Å². The molecule has 2 aliphatic rings. The first-order chi connectivity index (χ1) is 8.79. The zero-order chi connectivity index (χ0) is 12.8. The lowest BCUT2D eigenvalue weighted by Crippen LogP contribution is -2.50. The average Bonchev–Trinajstić information content (AvgIpc) is 2.98. The maximum Gasteiger partial charge on any atom is 0.207 e. The average molecular weight is 269 g/mol. The van der Waals surface area contributed by atoms with Crippen LogP contribution in [0.5, 0.6) is 0 Å². The van der Waals surface area contributed by atoms with Crippen LogP contribution in [0.25, 0.3) is 0 Å². The molecule has 0 spiro atoms. The summed E-state index contributed by atoms with van der Waals surface area (Å²) >= 11 is 1.61. The third-order valence-corrected chi connectivity index (χ3v) is 4.04. The number of thiazole rings is 1. The van der Waals surface area contributed by atoms with Crippen LogP contribution in [-0.2, 0) is 4.79 Å². The molecule has 0 unspecified atom stereocenters. The largest absolute Gasteiger partial charge is 0.389 e. The zero-order valence-electron chi connectivity index (χ0n) is 10.3.